The number of nitrogens with zero attached hydrogens (tertiary/aromatic N) is 3. The summed E-state index contributed by atoms with van der Waals surface area (Å²) in [5.41, 5.74) is 1.39. The summed E-state index contributed by atoms with van der Waals surface area (Å²) in [6.07, 6.45) is 7.96. The molecule has 27 heavy (non-hydrogen) atoms. The quantitative estimate of drug-likeness (QED) is 0.876. The number of rotatable bonds is 5. The second-order valence-electron chi connectivity index (χ2n) is 8.18. The number of amides is 1. The van der Waals surface area contributed by atoms with E-state index in [2.05, 4.69) is 15.6 Å². The fraction of sp³-hybridized carbons (Fsp3) is 0.600. The molecule has 1 amide bonds. The van der Waals surface area contributed by atoms with Crippen LogP contribution in [0.15, 0.2) is 27.5 Å². The standard InChI is InChI=1S/C20H24N4O3/c25-19-10-9-16(12-1-2-12)22-24(19)15-7-5-14(6-8-15)21-20(26)17-11-18(27-23-17)13-3-4-13/h9-15H,1-8H2,(H,21,26). The maximum atomic E-state index is 12.4. The van der Waals surface area contributed by atoms with Gasteiger partial charge >= 0.3 is 0 Å². The Kier molecular flexibility index (Phi) is 4.10. The lowest BCUT2D eigenvalue weighted by Crippen LogP contribution is -2.39. The molecule has 0 unspecified atom stereocenters. The number of nitrogens with one attached hydrogen (secondary N) is 1. The Morgan fingerprint density at radius 1 is 1.04 bits per heavy atom. The zero-order valence-electron chi connectivity index (χ0n) is 15.3. The molecule has 0 aromatic carbocycles. The fourth-order valence-corrected chi connectivity index (χ4v) is 3.98. The largest absolute Gasteiger partial charge is 0.360 e. The highest BCUT2D eigenvalue weighted by atomic mass is 16.5. The summed E-state index contributed by atoms with van der Waals surface area (Å²) in [7, 11) is 0. The molecule has 3 aliphatic rings. The lowest BCUT2D eigenvalue weighted by Gasteiger charge is -2.29. The zero-order chi connectivity index (χ0) is 18.4. The summed E-state index contributed by atoms with van der Waals surface area (Å²) in [6.45, 7) is 0. The molecule has 0 aliphatic heterocycles. The molecule has 5 rings (SSSR count). The predicted octanol–water partition coefficient (Wildman–Crippen LogP) is 2.90. The summed E-state index contributed by atoms with van der Waals surface area (Å²) >= 11 is 0. The van der Waals surface area contributed by atoms with Crippen LogP contribution in [0.4, 0.5) is 0 Å². The van der Waals surface area contributed by atoms with E-state index < -0.39 is 0 Å². The molecule has 2 aromatic heterocycles. The second kappa shape index (κ2) is 6.62. The van der Waals surface area contributed by atoms with Gasteiger partial charge < -0.3 is 9.84 Å². The Bertz CT molecular complexity index is 902. The van der Waals surface area contributed by atoms with Crippen LogP contribution in [-0.2, 0) is 0 Å². The monoisotopic (exact) mass is 368 g/mol. The van der Waals surface area contributed by atoms with Crippen LogP contribution in [0.25, 0.3) is 0 Å². The Balaban J connectivity index is 1.19. The van der Waals surface area contributed by atoms with Crippen molar-refractivity contribution in [3.05, 3.63) is 45.7 Å². The van der Waals surface area contributed by atoms with Gasteiger partial charge in [-0.25, -0.2) is 4.68 Å². The first kappa shape index (κ1) is 16.7. The van der Waals surface area contributed by atoms with Crippen molar-refractivity contribution in [2.45, 2.75) is 75.3 Å². The van der Waals surface area contributed by atoms with E-state index in [1.54, 1.807) is 16.8 Å². The van der Waals surface area contributed by atoms with Crippen LogP contribution < -0.4 is 10.9 Å². The van der Waals surface area contributed by atoms with Crippen molar-refractivity contribution in [2.75, 3.05) is 0 Å². The van der Waals surface area contributed by atoms with E-state index in [-0.39, 0.29) is 23.6 Å². The smallest absolute Gasteiger partial charge is 0.273 e. The third-order valence-electron chi connectivity index (χ3n) is 5.96. The molecule has 7 heteroatoms. The molecular weight excluding hydrogens is 344 g/mol. The van der Waals surface area contributed by atoms with Gasteiger partial charge in [-0.15, -0.1) is 0 Å². The molecule has 0 bridgehead atoms. The Morgan fingerprint density at radius 2 is 1.78 bits per heavy atom. The van der Waals surface area contributed by atoms with E-state index in [0.29, 0.717) is 17.5 Å². The van der Waals surface area contributed by atoms with Crippen molar-refractivity contribution >= 4 is 5.91 Å². The molecule has 0 saturated heterocycles. The topological polar surface area (TPSA) is 90.0 Å². The third kappa shape index (κ3) is 3.55. The summed E-state index contributed by atoms with van der Waals surface area (Å²) in [4.78, 5) is 24.6. The SMILES string of the molecule is O=C(NC1CCC(n2nc(C3CC3)ccc2=O)CC1)c1cc(C2CC2)on1. The van der Waals surface area contributed by atoms with Gasteiger partial charge in [0.25, 0.3) is 11.5 Å². The minimum atomic E-state index is -0.167. The van der Waals surface area contributed by atoms with E-state index in [9.17, 15) is 9.59 Å². The average Bonchev–Trinajstić information content (AvgIpc) is 3.62. The van der Waals surface area contributed by atoms with Gasteiger partial charge in [0.1, 0.15) is 5.76 Å². The molecule has 2 aromatic rings. The molecular formula is C20H24N4O3. The van der Waals surface area contributed by atoms with Gasteiger partial charge in [-0.3, -0.25) is 9.59 Å². The highest BCUT2D eigenvalue weighted by Crippen LogP contribution is 2.40. The Morgan fingerprint density at radius 3 is 2.48 bits per heavy atom. The van der Waals surface area contributed by atoms with Crippen molar-refractivity contribution in [1.82, 2.24) is 20.3 Å². The number of carbonyl (C=O) groups is 1. The molecule has 7 nitrogen and oxygen atoms in total. The minimum Gasteiger partial charge on any atom is -0.360 e. The van der Waals surface area contributed by atoms with Crippen molar-refractivity contribution in [3.63, 3.8) is 0 Å². The lowest BCUT2D eigenvalue weighted by molar-refractivity contribution is 0.0912. The van der Waals surface area contributed by atoms with Gasteiger partial charge in [0, 0.05) is 30.0 Å². The van der Waals surface area contributed by atoms with E-state index in [1.807, 2.05) is 6.07 Å². The molecule has 3 saturated carbocycles. The average molecular weight is 368 g/mol. The molecule has 0 atom stereocenters. The fourth-order valence-electron chi connectivity index (χ4n) is 3.98. The van der Waals surface area contributed by atoms with Gasteiger partial charge in [-0.1, -0.05) is 5.16 Å². The summed E-state index contributed by atoms with van der Waals surface area (Å²) < 4.78 is 6.94. The van der Waals surface area contributed by atoms with E-state index in [4.69, 9.17) is 4.52 Å². The first-order chi connectivity index (χ1) is 13.2. The highest BCUT2D eigenvalue weighted by molar-refractivity contribution is 5.92. The number of hydrogen-bond donors (Lipinski definition) is 1. The summed E-state index contributed by atoms with van der Waals surface area (Å²) in [6, 6.07) is 5.52. The van der Waals surface area contributed by atoms with Gasteiger partial charge in [-0.05, 0) is 57.4 Å². The first-order valence-corrected chi connectivity index (χ1v) is 10.0. The maximum absolute atomic E-state index is 12.4. The van der Waals surface area contributed by atoms with Gasteiger partial charge in [0.15, 0.2) is 5.69 Å². The van der Waals surface area contributed by atoms with Crippen molar-refractivity contribution in [2.24, 2.45) is 0 Å². The normalized spacial score (nSPS) is 25.3. The summed E-state index contributed by atoms with van der Waals surface area (Å²) in [5.74, 6) is 1.65. The number of aromatic nitrogens is 3. The van der Waals surface area contributed by atoms with Crippen LogP contribution in [-0.4, -0.2) is 26.9 Å². The molecule has 3 aliphatic carbocycles. The number of carbonyl (C=O) groups excluding carboxylic acids is 1. The Hall–Kier alpha value is -2.44. The van der Waals surface area contributed by atoms with Gasteiger partial charge in [0.2, 0.25) is 0 Å². The zero-order valence-corrected chi connectivity index (χ0v) is 15.3. The molecule has 1 N–H and O–H groups in total. The molecule has 0 spiro atoms. The van der Waals surface area contributed by atoms with Gasteiger partial charge in [-0.2, -0.15) is 5.10 Å². The van der Waals surface area contributed by atoms with E-state index >= 15 is 0 Å². The van der Waals surface area contributed by atoms with Crippen LogP contribution in [0.2, 0.25) is 0 Å². The molecule has 3 fully saturated rings. The van der Waals surface area contributed by atoms with Gasteiger partial charge in [0.05, 0.1) is 11.7 Å². The minimum absolute atomic E-state index is 0.0258. The first-order valence-electron chi connectivity index (χ1n) is 10.0. The Labute approximate surface area is 157 Å². The predicted molar refractivity (Wildman–Crippen MR) is 97.7 cm³/mol. The van der Waals surface area contributed by atoms with Crippen LogP contribution in [0.3, 0.4) is 0 Å². The van der Waals surface area contributed by atoms with Crippen molar-refractivity contribution in [1.29, 1.82) is 0 Å². The maximum Gasteiger partial charge on any atom is 0.273 e. The van der Waals surface area contributed by atoms with Crippen LogP contribution in [0.1, 0.15) is 91.2 Å². The second-order valence-corrected chi connectivity index (χ2v) is 8.18. The lowest BCUT2D eigenvalue weighted by atomic mass is 9.91. The highest BCUT2D eigenvalue weighted by Gasteiger charge is 2.31. The summed E-state index contributed by atoms with van der Waals surface area (Å²) in [5, 5.41) is 11.6. The third-order valence-corrected chi connectivity index (χ3v) is 5.96. The molecule has 2 heterocycles. The number of hydrogen-bond acceptors (Lipinski definition) is 5. The molecule has 142 valence electrons. The molecule has 0 radical (unpaired) electrons. The van der Waals surface area contributed by atoms with Crippen molar-refractivity contribution in [3.8, 4) is 0 Å². The van der Waals surface area contributed by atoms with Crippen LogP contribution >= 0.6 is 0 Å². The van der Waals surface area contributed by atoms with E-state index in [1.165, 1.54) is 12.8 Å². The van der Waals surface area contributed by atoms with Crippen LogP contribution in [0.5, 0.6) is 0 Å². The van der Waals surface area contributed by atoms with Crippen LogP contribution in [0, 0.1) is 0 Å². The van der Waals surface area contributed by atoms with Crippen molar-refractivity contribution < 1.29 is 9.32 Å². The van der Waals surface area contributed by atoms with E-state index in [0.717, 1.165) is 50.0 Å².